The molecule has 0 radical (unpaired) electrons. The maximum Gasteiger partial charge on any atom is 0.285 e. The molecule has 8 nitrogen and oxygen atoms in total. The van der Waals surface area contributed by atoms with Gasteiger partial charge >= 0.3 is 0 Å². The molecule has 0 saturated heterocycles. The molecule has 3 aromatic rings. The molecule has 0 unspecified atom stereocenters. The van der Waals surface area contributed by atoms with Gasteiger partial charge in [0.15, 0.2) is 11.4 Å². The summed E-state index contributed by atoms with van der Waals surface area (Å²) in [6.45, 7) is 0. The molecule has 0 fully saturated rings. The average molecular weight is 316 g/mol. The predicted molar refractivity (Wildman–Crippen MR) is 80.1 cm³/mol. The van der Waals surface area contributed by atoms with Crippen molar-refractivity contribution in [3.8, 4) is 35.4 Å². The molecule has 0 aliphatic rings. The number of rotatable bonds is 4. The van der Waals surface area contributed by atoms with Gasteiger partial charge in [0.2, 0.25) is 0 Å². The van der Waals surface area contributed by atoms with Gasteiger partial charge in [0.25, 0.3) is 11.8 Å². The third-order valence-corrected chi connectivity index (χ3v) is 2.74. The lowest BCUT2D eigenvalue weighted by Crippen LogP contribution is -2.02. The number of nitrogens with zero attached hydrogens (tertiary/aromatic N) is 6. The van der Waals surface area contributed by atoms with Crippen LogP contribution in [0.3, 0.4) is 0 Å². The molecular weight excluding hydrogens is 308 g/mol. The molecule has 0 bridgehead atoms. The van der Waals surface area contributed by atoms with Crippen molar-refractivity contribution in [1.29, 1.82) is 10.5 Å². The minimum Gasteiger partial charge on any atom is -0.433 e. The van der Waals surface area contributed by atoms with E-state index in [0.29, 0.717) is 11.5 Å². The van der Waals surface area contributed by atoms with Crippen LogP contribution in [-0.2, 0) is 0 Å². The van der Waals surface area contributed by atoms with E-state index in [1.54, 1.807) is 48.8 Å². The van der Waals surface area contributed by atoms with Crippen LogP contribution in [0.15, 0.2) is 49.1 Å². The maximum absolute atomic E-state index is 9.10. The van der Waals surface area contributed by atoms with Crippen LogP contribution in [0.2, 0.25) is 0 Å². The molecule has 0 N–H and O–H groups in total. The van der Waals surface area contributed by atoms with Crippen LogP contribution < -0.4 is 9.47 Å². The number of pyridine rings is 2. The van der Waals surface area contributed by atoms with Gasteiger partial charge in [-0.1, -0.05) is 0 Å². The largest absolute Gasteiger partial charge is 0.433 e. The van der Waals surface area contributed by atoms with Crippen LogP contribution in [0.25, 0.3) is 0 Å². The summed E-state index contributed by atoms with van der Waals surface area (Å²) in [4.78, 5) is 15.9. The van der Waals surface area contributed by atoms with Crippen molar-refractivity contribution in [2.24, 2.45) is 0 Å². The molecule has 0 aromatic carbocycles. The zero-order valence-corrected chi connectivity index (χ0v) is 12.1. The molecule has 0 amide bonds. The minimum atomic E-state index is -0.157. The normalized spacial score (nSPS) is 9.58. The van der Waals surface area contributed by atoms with Crippen molar-refractivity contribution in [1.82, 2.24) is 19.9 Å². The van der Waals surface area contributed by atoms with Gasteiger partial charge in [-0.3, -0.25) is 9.97 Å². The Morgan fingerprint density at radius 1 is 0.750 bits per heavy atom. The Morgan fingerprint density at radius 2 is 1.21 bits per heavy atom. The second kappa shape index (κ2) is 6.81. The third-order valence-electron chi connectivity index (χ3n) is 2.74. The van der Waals surface area contributed by atoms with Crippen molar-refractivity contribution in [3.05, 3.63) is 60.4 Å². The SMILES string of the molecule is N#Cc1nc(Oc2cccnc2)c(Oc2cccnc2)nc1C#N. The highest BCUT2D eigenvalue weighted by Crippen LogP contribution is 2.31. The highest BCUT2D eigenvalue weighted by Gasteiger charge is 2.18. The summed E-state index contributed by atoms with van der Waals surface area (Å²) < 4.78 is 11.2. The van der Waals surface area contributed by atoms with Crippen molar-refractivity contribution < 1.29 is 9.47 Å². The Labute approximate surface area is 136 Å². The van der Waals surface area contributed by atoms with E-state index in [4.69, 9.17) is 20.0 Å². The van der Waals surface area contributed by atoms with Gasteiger partial charge in [0.1, 0.15) is 23.6 Å². The Hall–Kier alpha value is -4.04. The van der Waals surface area contributed by atoms with E-state index in [9.17, 15) is 0 Å². The average Bonchev–Trinajstić information content (AvgIpc) is 2.64. The summed E-state index contributed by atoms with van der Waals surface area (Å²) in [5.74, 6) is 0.665. The lowest BCUT2D eigenvalue weighted by atomic mass is 10.3. The van der Waals surface area contributed by atoms with Gasteiger partial charge in [0.05, 0.1) is 12.4 Å². The van der Waals surface area contributed by atoms with E-state index in [0.717, 1.165) is 0 Å². The van der Waals surface area contributed by atoms with Crippen LogP contribution in [0.5, 0.6) is 23.3 Å². The number of hydrogen-bond acceptors (Lipinski definition) is 8. The van der Waals surface area contributed by atoms with E-state index in [2.05, 4.69) is 19.9 Å². The van der Waals surface area contributed by atoms with E-state index in [1.165, 1.54) is 12.4 Å². The van der Waals surface area contributed by atoms with Crippen molar-refractivity contribution >= 4 is 0 Å². The maximum atomic E-state index is 9.10. The van der Waals surface area contributed by atoms with E-state index >= 15 is 0 Å². The third kappa shape index (κ3) is 3.24. The molecule has 114 valence electrons. The highest BCUT2D eigenvalue weighted by molar-refractivity contribution is 5.44. The van der Waals surface area contributed by atoms with Crippen molar-refractivity contribution in [2.45, 2.75) is 0 Å². The molecule has 3 rings (SSSR count). The summed E-state index contributed by atoms with van der Waals surface area (Å²) in [5.41, 5.74) is -0.315. The monoisotopic (exact) mass is 316 g/mol. The Morgan fingerprint density at radius 3 is 1.54 bits per heavy atom. The first kappa shape index (κ1) is 14.9. The van der Waals surface area contributed by atoms with Gasteiger partial charge in [-0.25, -0.2) is 0 Å². The molecule has 0 aliphatic carbocycles. The second-order valence-electron chi connectivity index (χ2n) is 4.34. The molecule has 0 atom stereocenters. The molecule has 3 heterocycles. The first-order chi connectivity index (χ1) is 11.8. The molecule has 0 saturated carbocycles. The first-order valence-electron chi connectivity index (χ1n) is 6.68. The number of nitriles is 2. The zero-order valence-electron chi connectivity index (χ0n) is 12.1. The topological polar surface area (TPSA) is 118 Å². The van der Waals surface area contributed by atoms with Gasteiger partial charge in [-0.15, -0.1) is 0 Å². The quantitative estimate of drug-likeness (QED) is 0.720. The molecule has 3 aromatic heterocycles. The van der Waals surface area contributed by atoms with E-state index < -0.39 is 0 Å². The highest BCUT2D eigenvalue weighted by atomic mass is 16.5. The van der Waals surface area contributed by atoms with Gasteiger partial charge in [-0.2, -0.15) is 20.5 Å². The van der Waals surface area contributed by atoms with Crippen molar-refractivity contribution in [2.75, 3.05) is 0 Å². The Bertz CT molecular complexity index is 854. The number of hydrogen-bond donors (Lipinski definition) is 0. The summed E-state index contributed by atoms with van der Waals surface area (Å²) in [6, 6.07) is 10.3. The van der Waals surface area contributed by atoms with Crippen LogP contribution in [-0.4, -0.2) is 19.9 Å². The molecule has 0 aliphatic heterocycles. The summed E-state index contributed by atoms with van der Waals surface area (Å²) in [6.07, 6.45) is 6.12. The van der Waals surface area contributed by atoms with Crippen LogP contribution in [0.4, 0.5) is 0 Å². The summed E-state index contributed by atoms with van der Waals surface area (Å²) in [5, 5.41) is 18.2. The number of ether oxygens (including phenoxy) is 2. The molecule has 0 spiro atoms. The Kier molecular flexibility index (Phi) is 4.22. The molecule has 24 heavy (non-hydrogen) atoms. The second-order valence-corrected chi connectivity index (χ2v) is 4.34. The summed E-state index contributed by atoms with van der Waals surface area (Å²) >= 11 is 0. The van der Waals surface area contributed by atoms with Gasteiger partial charge in [0, 0.05) is 12.4 Å². The van der Waals surface area contributed by atoms with Gasteiger partial charge < -0.3 is 9.47 Å². The van der Waals surface area contributed by atoms with Crippen LogP contribution in [0, 0.1) is 22.7 Å². The van der Waals surface area contributed by atoms with Crippen LogP contribution >= 0.6 is 0 Å². The van der Waals surface area contributed by atoms with E-state index in [-0.39, 0.29) is 23.1 Å². The van der Waals surface area contributed by atoms with E-state index in [1.807, 2.05) is 0 Å². The van der Waals surface area contributed by atoms with Gasteiger partial charge in [-0.05, 0) is 24.3 Å². The number of aromatic nitrogens is 4. The molecular formula is C16H8N6O2. The fourth-order valence-corrected chi connectivity index (χ4v) is 1.73. The van der Waals surface area contributed by atoms with Crippen molar-refractivity contribution in [3.63, 3.8) is 0 Å². The fraction of sp³-hybridized carbons (Fsp3) is 0. The zero-order chi connectivity index (χ0) is 16.8. The molecule has 8 heteroatoms. The first-order valence-corrected chi connectivity index (χ1v) is 6.68. The Balaban J connectivity index is 2.04. The fourth-order valence-electron chi connectivity index (χ4n) is 1.73. The van der Waals surface area contributed by atoms with Crippen LogP contribution in [0.1, 0.15) is 11.4 Å². The predicted octanol–water partition coefficient (Wildman–Crippen LogP) is 2.59. The lowest BCUT2D eigenvalue weighted by molar-refractivity contribution is 0.389. The lowest BCUT2D eigenvalue weighted by Gasteiger charge is -2.10. The smallest absolute Gasteiger partial charge is 0.285 e. The minimum absolute atomic E-state index is 0.0533. The standard InChI is InChI=1S/C16H8N6O2/c17-7-13-14(8-18)22-16(24-12-4-2-6-20-10-12)15(21-13)23-11-3-1-5-19-9-11/h1-6,9-10H. The summed E-state index contributed by atoms with van der Waals surface area (Å²) in [7, 11) is 0.